The summed E-state index contributed by atoms with van der Waals surface area (Å²) in [5.41, 5.74) is -0.727. The number of anilines is 1. The van der Waals surface area contributed by atoms with Gasteiger partial charge in [-0.3, -0.25) is 0 Å². The predicted molar refractivity (Wildman–Crippen MR) is 65.0 cm³/mol. The second-order valence-corrected chi connectivity index (χ2v) is 4.63. The van der Waals surface area contributed by atoms with Crippen molar-refractivity contribution in [1.29, 1.82) is 0 Å². The van der Waals surface area contributed by atoms with Crippen molar-refractivity contribution in [1.82, 2.24) is 4.98 Å². The molecular formula is C11H12BrF3N2O. The van der Waals surface area contributed by atoms with Crippen molar-refractivity contribution in [2.45, 2.75) is 12.2 Å². The summed E-state index contributed by atoms with van der Waals surface area (Å²) in [6, 6.07) is 2.57. The number of hydrogen-bond acceptors (Lipinski definition) is 3. The number of alkyl halides is 4. The van der Waals surface area contributed by atoms with Crippen molar-refractivity contribution in [2.75, 3.05) is 30.0 Å². The number of hydrogen-bond donors (Lipinski definition) is 0. The summed E-state index contributed by atoms with van der Waals surface area (Å²) < 4.78 is 42.6. The van der Waals surface area contributed by atoms with E-state index in [4.69, 9.17) is 4.74 Å². The second-order valence-electron chi connectivity index (χ2n) is 3.98. The minimum absolute atomic E-state index is 0.1000. The Morgan fingerprint density at radius 2 is 2.22 bits per heavy atom. The molecule has 0 spiro atoms. The van der Waals surface area contributed by atoms with Gasteiger partial charge in [-0.25, -0.2) is 4.98 Å². The molecule has 0 radical (unpaired) electrons. The monoisotopic (exact) mass is 324 g/mol. The third-order valence-corrected chi connectivity index (χ3v) is 3.52. The maximum Gasteiger partial charge on any atom is 0.417 e. The molecule has 0 aliphatic carbocycles. The number of aromatic nitrogens is 1. The van der Waals surface area contributed by atoms with Crippen molar-refractivity contribution in [3.05, 3.63) is 23.9 Å². The molecule has 0 N–H and O–H groups in total. The highest BCUT2D eigenvalue weighted by atomic mass is 79.9. The number of rotatable bonds is 2. The van der Waals surface area contributed by atoms with Crippen LogP contribution in [0.3, 0.4) is 0 Å². The van der Waals surface area contributed by atoms with Gasteiger partial charge in [0.25, 0.3) is 0 Å². The van der Waals surface area contributed by atoms with Crippen LogP contribution in [0.4, 0.5) is 19.0 Å². The molecule has 1 saturated heterocycles. The molecule has 1 aromatic heterocycles. The molecule has 1 fully saturated rings. The summed E-state index contributed by atoms with van der Waals surface area (Å²) in [5, 5.41) is 0.690. The molecule has 1 aliphatic heterocycles. The molecule has 1 aliphatic rings. The Balaban J connectivity index is 2.18. The van der Waals surface area contributed by atoms with Crippen LogP contribution in [0.5, 0.6) is 0 Å². The zero-order valence-electron chi connectivity index (χ0n) is 9.45. The standard InChI is InChI=1S/C11H12BrF3N2O/c12-5-9-7-18-4-3-17(9)10-2-1-8(6-16-10)11(13,14)15/h1-2,6,9H,3-5,7H2. The van der Waals surface area contributed by atoms with E-state index in [1.165, 1.54) is 6.07 Å². The first kappa shape index (κ1) is 13.6. The van der Waals surface area contributed by atoms with Gasteiger partial charge in [-0.15, -0.1) is 0 Å². The molecule has 100 valence electrons. The first-order valence-electron chi connectivity index (χ1n) is 5.46. The molecule has 7 heteroatoms. The maximum absolute atomic E-state index is 12.4. The van der Waals surface area contributed by atoms with E-state index in [1.54, 1.807) is 0 Å². The van der Waals surface area contributed by atoms with E-state index in [2.05, 4.69) is 20.9 Å². The molecule has 0 aromatic carbocycles. The highest BCUT2D eigenvalue weighted by Gasteiger charge is 2.31. The number of ether oxygens (including phenoxy) is 1. The Hall–Kier alpha value is -0.820. The maximum atomic E-state index is 12.4. The molecule has 1 atom stereocenters. The van der Waals surface area contributed by atoms with E-state index in [0.717, 1.165) is 12.3 Å². The first-order valence-corrected chi connectivity index (χ1v) is 6.58. The van der Waals surface area contributed by atoms with E-state index in [-0.39, 0.29) is 6.04 Å². The van der Waals surface area contributed by atoms with Crippen LogP contribution in [0.2, 0.25) is 0 Å². The molecule has 2 rings (SSSR count). The van der Waals surface area contributed by atoms with Crippen molar-refractivity contribution in [2.24, 2.45) is 0 Å². The Bertz CT molecular complexity index is 396. The highest BCUT2D eigenvalue weighted by Crippen LogP contribution is 2.29. The molecule has 18 heavy (non-hydrogen) atoms. The van der Waals surface area contributed by atoms with E-state index >= 15 is 0 Å². The van der Waals surface area contributed by atoms with Crippen molar-refractivity contribution < 1.29 is 17.9 Å². The number of pyridine rings is 1. The van der Waals surface area contributed by atoms with Crippen molar-refractivity contribution >= 4 is 21.7 Å². The fourth-order valence-electron chi connectivity index (χ4n) is 1.81. The molecule has 0 saturated carbocycles. The SMILES string of the molecule is FC(F)(F)c1ccc(N2CCOCC2CBr)nc1. The topological polar surface area (TPSA) is 25.4 Å². The van der Waals surface area contributed by atoms with Gasteiger partial charge in [0.2, 0.25) is 0 Å². The summed E-state index contributed by atoms with van der Waals surface area (Å²) in [7, 11) is 0. The van der Waals surface area contributed by atoms with Crippen LogP contribution >= 0.6 is 15.9 Å². The van der Waals surface area contributed by atoms with Gasteiger partial charge in [-0.2, -0.15) is 13.2 Å². The average molecular weight is 325 g/mol. The largest absolute Gasteiger partial charge is 0.417 e. The average Bonchev–Trinajstić information content (AvgIpc) is 2.38. The molecule has 3 nitrogen and oxygen atoms in total. The molecular weight excluding hydrogens is 313 g/mol. The number of morpholine rings is 1. The van der Waals surface area contributed by atoms with Gasteiger partial charge >= 0.3 is 6.18 Å². The lowest BCUT2D eigenvalue weighted by Crippen LogP contribution is -2.47. The van der Waals surface area contributed by atoms with Crippen LogP contribution in [0.1, 0.15) is 5.56 Å². The third-order valence-electron chi connectivity index (χ3n) is 2.78. The Labute approximate surface area is 111 Å². The zero-order valence-corrected chi connectivity index (χ0v) is 11.0. The van der Waals surface area contributed by atoms with E-state index < -0.39 is 11.7 Å². The fraction of sp³-hybridized carbons (Fsp3) is 0.545. The lowest BCUT2D eigenvalue weighted by Gasteiger charge is -2.35. The summed E-state index contributed by atoms with van der Waals surface area (Å²) in [6.07, 6.45) is -3.47. The van der Waals surface area contributed by atoms with Crippen LogP contribution in [0.15, 0.2) is 18.3 Å². The van der Waals surface area contributed by atoms with Crippen LogP contribution in [0, 0.1) is 0 Å². The number of halogens is 4. The van der Waals surface area contributed by atoms with Crippen LogP contribution in [-0.2, 0) is 10.9 Å². The van der Waals surface area contributed by atoms with Gasteiger partial charge < -0.3 is 9.64 Å². The van der Waals surface area contributed by atoms with Crippen LogP contribution in [0.25, 0.3) is 0 Å². The van der Waals surface area contributed by atoms with Gasteiger partial charge in [-0.05, 0) is 12.1 Å². The van der Waals surface area contributed by atoms with E-state index in [0.29, 0.717) is 30.9 Å². The van der Waals surface area contributed by atoms with Crippen LogP contribution < -0.4 is 4.90 Å². The summed E-state index contributed by atoms with van der Waals surface area (Å²) in [6.45, 7) is 1.74. The Morgan fingerprint density at radius 1 is 1.44 bits per heavy atom. The Kier molecular flexibility index (Phi) is 4.11. The quantitative estimate of drug-likeness (QED) is 0.782. The fourth-order valence-corrected chi connectivity index (χ4v) is 2.34. The molecule has 2 heterocycles. The second kappa shape index (κ2) is 5.44. The molecule has 0 amide bonds. The Morgan fingerprint density at radius 3 is 2.78 bits per heavy atom. The van der Waals surface area contributed by atoms with Crippen molar-refractivity contribution in [3.8, 4) is 0 Å². The highest BCUT2D eigenvalue weighted by molar-refractivity contribution is 9.09. The summed E-state index contributed by atoms with van der Waals surface area (Å²) >= 11 is 3.37. The molecule has 0 bridgehead atoms. The van der Waals surface area contributed by atoms with Gasteiger partial charge in [0.15, 0.2) is 0 Å². The van der Waals surface area contributed by atoms with E-state index in [1.807, 2.05) is 4.90 Å². The van der Waals surface area contributed by atoms with Gasteiger partial charge in [0.1, 0.15) is 5.82 Å². The van der Waals surface area contributed by atoms with Gasteiger partial charge in [0, 0.05) is 18.1 Å². The lowest BCUT2D eigenvalue weighted by molar-refractivity contribution is -0.137. The third kappa shape index (κ3) is 2.95. The minimum Gasteiger partial charge on any atom is -0.377 e. The summed E-state index contributed by atoms with van der Waals surface area (Å²) in [5.74, 6) is 0.552. The number of nitrogens with zero attached hydrogens (tertiary/aromatic N) is 2. The van der Waals surface area contributed by atoms with Crippen LogP contribution in [-0.4, -0.2) is 36.1 Å². The first-order chi connectivity index (χ1) is 8.52. The predicted octanol–water partition coefficient (Wildman–Crippen LogP) is 2.70. The van der Waals surface area contributed by atoms with Gasteiger partial charge in [-0.1, -0.05) is 15.9 Å². The smallest absolute Gasteiger partial charge is 0.377 e. The summed E-state index contributed by atoms with van der Waals surface area (Å²) in [4.78, 5) is 5.85. The molecule has 1 aromatic rings. The van der Waals surface area contributed by atoms with Gasteiger partial charge in [0.05, 0.1) is 24.8 Å². The molecule has 1 unspecified atom stereocenters. The van der Waals surface area contributed by atoms with Crippen molar-refractivity contribution in [3.63, 3.8) is 0 Å². The minimum atomic E-state index is -4.34. The van der Waals surface area contributed by atoms with E-state index in [9.17, 15) is 13.2 Å². The normalized spacial score (nSPS) is 21.1. The zero-order chi connectivity index (χ0) is 13.2. The lowest BCUT2D eigenvalue weighted by atomic mass is 10.2.